The van der Waals surface area contributed by atoms with Crippen LogP contribution in [0, 0.1) is 11.8 Å². The number of likely N-dealkylation sites (tertiary alicyclic amines) is 1. The lowest BCUT2D eigenvalue weighted by Crippen LogP contribution is -2.51. The Balaban J connectivity index is 1.85. The van der Waals surface area contributed by atoms with Crippen molar-refractivity contribution in [3.8, 4) is 0 Å². The number of rotatable bonds is 3. The minimum Gasteiger partial charge on any atom is -0.344 e. The molecule has 4 unspecified atom stereocenters. The zero-order valence-electron chi connectivity index (χ0n) is 13.3. The smallest absolute Gasteiger partial charge is 0.244 e. The van der Waals surface area contributed by atoms with Gasteiger partial charge in [0.1, 0.15) is 6.04 Å². The lowest BCUT2D eigenvalue weighted by molar-refractivity contribution is -0.138. The normalized spacial score (nSPS) is 31.6. The molecule has 4 atom stereocenters. The van der Waals surface area contributed by atoms with Crippen molar-refractivity contribution in [2.75, 3.05) is 13.1 Å². The summed E-state index contributed by atoms with van der Waals surface area (Å²) in [5, 5.41) is 2.92. The highest BCUT2D eigenvalue weighted by Crippen LogP contribution is 2.29. The molecule has 2 amide bonds. The standard InChI is InChI=1S/C16H29N3O2/c1-11-10-13(17)6-7-14(11)15(20)18-12(2)16(21)19-8-4-3-5-9-19/h11-14H,3-10,17H2,1-2H3,(H,18,20). The summed E-state index contributed by atoms with van der Waals surface area (Å²) in [6.07, 6.45) is 5.97. The Bertz CT molecular complexity index is 380. The van der Waals surface area contributed by atoms with Crippen LogP contribution >= 0.6 is 0 Å². The molecule has 0 bridgehead atoms. The van der Waals surface area contributed by atoms with Crippen molar-refractivity contribution in [1.82, 2.24) is 10.2 Å². The molecule has 5 heteroatoms. The van der Waals surface area contributed by atoms with Gasteiger partial charge in [-0.25, -0.2) is 0 Å². The maximum atomic E-state index is 12.4. The fourth-order valence-corrected chi connectivity index (χ4v) is 3.60. The highest BCUT2D eigenvalue weighted by atomic mass is 16.2. The van der Waals surface area contributed by atoms with E-state index in [1.165, 1.54) is 6.42 Å². The fraction of sp³-hybridized carbons (Fsp3) is 0.875. The van der Waals surface area contributed by atoms with E-state index in [-0.39, 0.29) is 23.8 Å². The lowest BCUT2D eigenvalue weighted by atomic mass is 9.77. The van der Waals surface area contributed by atoms with E-state index in [9.17, 15) is 9.59 Å². The predicted octanol–water partition coefficient (Wildman–Crippen LogP) is 1.27. The summed E-state index contributed by atoms with van der Waals surface area (Å²) < 4.78 is 0. The van der Waals surface area contributed by atoms with Crippen LogP contribution in [0.5, 0.6) is 0 Å². The van der Waals surface area contributed by atoms with Crippen molar-refractivity contribution < 1.29 is 9.59 Å². The number of piperidine rings is 1. The minimum absolute atomic E-state index is 0.00130. The van der Waals surface area contributed by atoms with Gasteiger partial charge in [-0.2, -0.15) is 0 Å². The first-order chi connectivity index (χ1) is 9.99. The van der Waals surface area contributed by atoms with Gasteiger partial charge in [-0.15, -0.1) is 0 Å². The topological polar surface area (TPSA) is 75.4 Å². The molecule has 0 aromatic heterocycles. The van der Waals surface area contributed by atoms with E-state index < -0.39 is 6.04 Å². The summed E-state index contributed by atoms with van der Waals surface area (Å²) in [5.41, 5.74) is 5.94. The Morgan fingerprint density at radius 1 is 1.19 bits per heavy atom. The molecule has 120 valence electrons. The van der Waals surface area contributed by atoms with Crippen molar-refractivity contribution in [2.45, 2.75) is 64.5 Å². The molecule has 2 fully saturated rings. The van der Waals surface area contributed by atoms with Crippen molar-refractivity contribution in [3.05, 3.63) is 0 Å². The van der Waals surface area contributed by atoms with E-state index in [0.717, 1.165) is 45.2 Å². The van der Waals surface area contributed by atoms with E-state index in [0.29, 0.717) is 5.92 Å². The van der Waals surface area contributed by atoms with Crippen LogP contribution in [0.25, 0.3) is 0 Å². The third-order valence-corrected chi connectivity index (χ3v) is 4.94. The molecule has 1 heterocycles. The summed E-state index contributed by atoms with van der Waals surface area (Å²) >= 11 is 0. The second kappa shape index (κ2) is 7.25. The molecule has 2 rings (SSSR count). The first-order valence-corrected chi connectivity index (χ1v) is 8.33. The highest BCUT2D eigenvalue weighted by Gasteiger charge is 2.33. The van der Waals surface area contributed by atoms with Crippen molar-refractivity contribution in [3.63, 3.8) is 0 Å². The third kappa shape index (κ3) is 4.19. The van der Waals surface area contributed by atoms with Gasteiger partial charge in [0, 0.05) is 25.0 Å². The number of hydrogen-bond donors (Lipinski definition) is 2. The molecule has 0 aromatic carbocycles. The molecule has 0 aromatic rings. The van der Waals surface area contributed by atoms with Gasteiger partial charge in [-0.1, -0.05) is 6.92 Å². The van der Waals surface area contributed by atoms with Gasteiger partial charge in [0.15, 0.2) is 0 Å². The first kappa shape index (κ1) is 16.3. The average Bonchev–Trinajstić information content (AvgIpc) is 2.47. The number of nitrogens with one attached hydrogen (secondary N) is 1. The monoisotopic (exact) mass is 295 g/mol. The molecular formula is C16H29N3O2. The van der Waals surface area contributed by atoms with Gasteiger partial charge >= 0.3 is 0 Å². The van der Waals surface area contributed by atoms with E-state index in [4.69, 9.17) is 5.73 Å². The van der Waals surface area contributed by atoms with E-state index in [1.54, 1.807) is 6.92 Å². The number of carbonyl (C=O) groups excluding carboxylic acids is 2. The molecule has 1 saturated carbocycles. The van der Waals surface area contributed by atoms with Crippen molar-refractivity contribution in [1.29, 1.82) is 0 Å². The largest absolute Gasteiger partial charge is 0.344 e. The van der Waals surface area contributed by atoms with Crippen molar-refractivity contribution in [2.24, 2.45) is 17.6 Å². The molecule has 1 aliphatic heterocycles. The summed E-state index contributed by atoms with van der Waals surface area (Å²) in [6, 6.07) is -0.199. The minimum atomic E-state index is -0.418. The number of nitrogens with zero attached hydrogens (tertiary/aromatic N) is 1. The SMILES string of the molecule is CC(NC(=O)C1CCC(N)CC1C)C(=O)N1CCCCC1. The van der Waals surface area contributed by atoms with E-state index in [1.807, 2.05) is 4.90 Å². The molecule has 1 saturated heterocycles. The van der Waals surface area contributed by atoms with Gasteiger partial charge in [0.25, 0.3) is 0 Å². The summed E-state index contributed by atoms with van der Waals surface area (Å²) in [5.74, 6) is 0.378. The summed E-state index contributed by atoms with van der Waals surface area (Å²) in [6.45, 7) is 5.54. The molecule has 5 nitrogen and oxygen atoms in total. The zero-order chi connectivity index (χ0) is 15.4. The van der Waals surface area contributed by atoms with Gasteiger partial charge in [0.2, 0.25) is 11.8 Å². The molecule has 21 heavy (non-hydrogen) atoms. The van der Waals surface area contributed by atoms with Crippen LogP contribution in [0.4, 0.5) is 0 Å². The van der Waals surface area contributed by atoms with E-state index in [2.05, 4.69) is 12.2 Å². The highest BCUT2D eigenvalue weighted by molar-refractivity contribution is 5.88. The maximum absolute atomic E-state index is 12.4. The van der Waals surface area contributed by atoms with Crippen LogP contribution in [0.2, 0.25) is 0 Å². The Labute approximate surface area is 127 Å². The lowest BCUT2D eigenvalue weighted by Gasteiger charge is -2.33. The second-order valence-electron chi connectivity index (χ2n) is 6.77. The zero-order valence-corrected chi connectivity index (χ0v) is 13.3. The van der Waals surface area contributed by atoms with Gasteiger partial charge in [0.05, 0.1) is 0 Å². The predicted molar refractivity (Wildman–Crippen MR) is 82.5 cm³/mol. The molecular weight excluding hydrogens is 266 g/mol. The van der Waals surface area contributed by atoms with Gasteiger partial charge in [-0.05, 0) is 51.4 Å². The van der Waals surface area contributed by atoms with Gasteiger partial charge in [-0.3, -0.25) is 9.59 Å². The van der Waals surface area contributed by atoms with Crippen LogP contribution in [-0.2, 0) is 9.59 Å². The third-order valence-electron chi connectivity index (χ3n) is 4.94. The van der Waals surface area contributed by atoms with Crippen LogP contribution in [-0.4, -0.2) is 41.9 Å². The molecule has 0 spiro atoms. The quantitative estimate of drug-likeness (QED) is 0.823. The number of hydrogen-bond acceptors (Lipinski definition) is 3. The van der Waals surface area contributed by atoms with Crippen LogP contribution in [0.15, 0.2) is 0 Å². The van der Waals surface area contributed by atoms with Crippen LogP contribution < -0.4 is 11.1 Å². The molecule has 1 aliphatic carbocycles. The molecule has 0 radical (unpaired) electrons. The Hall–Kier alpha value is -1.10. The van der Waals surface area contributed by atoms with Crippen molar-refractivity contribution >= 4 is 11.8 Å². The Kier molecular flexibility index (Phi) is 5.62. The number of carbonyl (C=O) groups is 2. The average molecular weight is 295 g/mol. The number of amides is 2. The van der Waals surface area contributed by atoms with Crippen LogP contribution in [0.1, 0.15) is 52.4 Å². The first-order valence-electron chi connectivity index (χ1n) is 8.33. The van der Waals surface area contributed by atoms with Crippen LogP contribution in [0.3, 0.4) is 0 Å². The summed E-state index contributed by atoms with van der Waals surface area (Å²) in [4.78, 5) is 26.6. The molecule has 3 N–H and O–H groups in total. The van der Waals surface area contributed by atoms with Gasteiger partial charge < -0.3 is 16.0 Å². The fourth-order valence-electron chi connectivity index (χ4n) is 3.60. The second-order valence-corrected chi connectivity index (χ2v) is 6.77. The Morgan fingerprint density at radius 2 is 1.86 bits per heavy atom. The summed E-state index contributed by atoms with van der Waals surface area (Å²) in [7, 11) is 0. The molecule has 2 aliphatic rings. The number of nitrogens with two attached hydrogens (primary N) is 1. The Morgan fingerprint density at radius 3 is 2.48 bits per heavy atom. The van der Waals surface area contributed by atoms with E-state index >= 15 is 0 Å². The maximum Gasteiger partial charge on any atom is 0.244 e.